The van der Waals surface area contributed by atoms with E-state index in [0.717, 1.165) is 12.2 Å². The average molecular weight is 311 g/mol. The molecule has 0 aromatic heterocycles. The van der Waals surface area contributed by atoms with Crippen LogP contribution in [0, 0.1) is 0 Å². The van der Waals surface area contributed by atoms with Crippen molar-refractivity contribution in [3.05, 3.63) is 24.3 Å². The molecule has 1 rings (SSSR count). The van der Waals surface area contributed by atoms with E-state index in [2.05, 4.69) is 31.3 Å². The molecule has 0 saturated heterocycles. The Morgan fingerprint density at radius 1 is 1.19 bits per heavy atom. The van der Waals surface area contributed by atoms with Gasteiger partial charge in [-0.2, -0.15) is 0 Å². The van der Waals surface area contributed by atoms with Crippen LogP contribution in [0.5, 0.6) is 5.75 Å². The van der Waals surface area contributed by atoms with Gasteiger partial charge in [0.15, 0.2) is 0 Å². The summed E-state index contributed by atoms with van der Waals surface area (Å²) in [6.07, 6.45) is 0.743. The minimum Gasteiger partial charge on any atom is -0.490 e. The molecular weight excluding hydrogens is 286 g/mol. The van der Waals surface area contributed by atoms with Crippen molar-refractivity contribution < 1.29 is 14.3 Å². The van der Waals surface area contributed by atoms with E-state index in [0.29, 0.717) is 11.9 Å². The SMILES string of the molecule is CCC(C)Sc1ccc(OCCOC(=O)NC(C)C)cc1. The van der Waals surface area contributed by atoms with E-state index >= 15 is 0 Å². The average Bonchev–Trinajstić information content (AvgIpc) is 2.44. The highest BCUT2D eigenvalue weighted by atomic mass is 32.2. The largest absolute Gasteiger partial charge is 0.490 e. The van der Waals surface area contributed by atoms with Crippen LogP contribution in [-0.2, 0) is 4.74 Å². The van der Waals surface area contributed by atoms with E-state index < -0.39 is 6.09 Å². The molecule has 1 aromatic rings. The molecule has 0 radical (unpaired) electrons. The molecule has 0 aliphatic heterocycles. The number of amides is 1. The molecule has 0 aliphatic rings. The Labute approximate surface area is 131 Å². The van der Waals surface area contributed by atoms with Crippen LogP contribution < -0.4 is 10.1 Å². The fraction of sp³-hybridized carbons (Fsp3) is 0.562. The molecule has 0 spiro atoms. The van der Waals surface area contributed by atoms with Gasteiger partial charge in [0.2, 0.25) is 0 Å². The molecule has 21 heavy (non-hydrogen) atoms. The topological polar surface area (TPSA) is 47.6 Å². The number of hydrogen-bond donors (Lipinski definition) is 1. The fourth-order valence-corrected chi connectivity index (χ4v) is 2.43. The first-order chi connectivity index (χ1) is 10.0. The van der Waals surface area contributed by atoms with E-state index in [9.17, 15) is 4.79 Å². The molecule has 0 fully saturated rings. The molecule has 1 aromatic carbocycles. The van der Waals surface area contributed by atoms with Gasteiger partial charge in [-0.25, -0.2) is 4.79 Å². The van der Waals surface area contributed by atoms with Gasteiger partial charge in [0, 0.05) is 16.2 Å². The second-order valence-corrected chi connectivity index (χ2v) is 6.60. The lowest BCUT2D eigenvalue weighted by Gasteiger charge is -2.11. The summed E-state index contributed by atoms with van der Waals surface area (Å²) in [4.78, 5) is 12.5. The second-order valence-electron chi connectivity index (χ2n) is 5.09. The van der Waals surface area contributed by atoms with E-state index in [4.69, 9.17) is 9.47 Å². The third kappa shape index (κ3) is 7.85. The van der Waals surface area contributed by atoms with Gasteiger partial charge in [0.1, 0.15) is 19.0 Å². The Kier molecular flexibility index (Phi) is 8.05. The van der Waals surface area contributed by atoms with Crippen LogP contribution in [0.4, 0.5) is 4.79 Å². The standard InChI is InChI=1S/C16H25NO3S/c1-5-13(4)21-15-8-6-14(7-9-15)19-10-11-20-16(18)17-12(2)3/h6-9,12-13H,5,10-11H2,1-4H3,(H,17,18). The molecule has 1 unspecified atom stereocenters. The zero-order valence-electron chi connectivity index (χ0n) is 13.2. The van der Waals surface area contributed by atoms with E-state index in [1.807, 2.05) is 37.7 Å². The van der Waals surface area contributed by atoms with Crippen LogP contribution in [0.15, 0.2) is 29.2 Å². The minimum atomic E-state index is -0.408. The monoisotopic (exact) mass is 311 g/mol. The molecular formula is C16H25NO3S. The third-order valence-corrected chi connectivity index (χ3v) is 4.01. The number of nitrogens with one attached hydrogen (secondary N) is 1. The Morgan fingerprint density at radius 3 is 2.43 bits per heavy atom. The lowest BCUT2D eigenvalue weighted by atomic mass is 10.3. The normalized spacial score (nSPS) is 12.0. The van der Waals surface area contributed by atoms with Crippen LogP contribution in [0.3, 0.4) is 0 Å². The molecule has 1 N–H and O–H groups in total. The highest BCUT2D eigenvalue weighted by molar-refractivity contribution is 7.99. The highest BCUT2D eigenvalue weighted by Gasteiger charge is 2.04. The summed E-state index contributed by atoms with van der Waals surface area (Å²) in [5.74, 6) is 0.788. The number of rotatable bonds is 8. The summed E-state index contributed by atoms with van der Waals surface area (Å²) in [7, 11) is 0. The van der Waals surface area contributed by atoms with Gasteiger partial charge >= 0.3 is 6.09 Å². The predicted octanol–water partition coefficient (Wildman–Crippen LogP) is 4.09. The van der Waals surface area contributed by atoms with Crippen LogP contribution in [0.25, 0.3) is 0 Å². The van der Waals surface area contributed by atoms with Crippen molar-refractivity contribution in [3.8, 4) is 5.75 Å². The smallest absolute Gasteiger partial charge is 0.407 e. The van der Waals surface area contributed by atoms with E-state index in [1.165, 1.54) is 4.90 Å². The quantitative estimate of drug-likeness (QED) is 0.580. The number of benzene rings is 1. The maximum absolute atomic E-state index is 11.2. The summed E-state index contributed by atoms with van der Waals surface area (Å²) in [5.41, 5.74) is 0. The van der Waals surface area contributed by atoms with Crippen molar-refractivity contribution in [3.63, 3.8) is 0 Å². The van der Waals surface area contributed by atoms with Crippen molar-refractivity contribution in [1.29, 1.82) is 0 Å². The first-order valence-corrected chi connectivity index (χ1v) is 8.22. The first-order valence-electron chi connectivity index (χ1n) is 7.34. The maximum Gasteiger partial charge on any atom is 0.407 e. The van der Waals surface area contributed by atoms with Crippen LogP contribution in [-0.4, -0.2) is 30.6 Å². The van der Waals surface area contributed by atoms with Crippen LogP contribution >= 0.6 is 11.8 Å². The Balaban J connectivity index is 2.25. The van der Waals surface area contributed by atoms with Crippen molar-refractivity contribution in [1.82, 2.24) is 5.32 Å². The molecule has 1 amide bonds. The number of thioether (sulfide) groups is 1. The molecule has 0 saturated carbocycles. The Bertz CT molecular complexity index is 420. The molecule has 0 bridgehead atoms. The Morgan fingerprint density at radius 2 is 1.86 bits per heavy atom. The zero-order chi connectivity index (χ0) is 15.7. The summed E-state index contributed by atoms with van der Waals surface area (Å²) in [6, 6.07) is 8.07. The third-order valence-electron chi connectivity index (χ3n) is 2.73. The lowest BCUT2D eigenvalue weighted by Crippen LogP contribution is -2.31. The second kappa shape index (κ2) is 9.55. The van der Waals surface area contributed by atoms with Crippen LogP contribution in [0.2, 0.25) is 0 Å². The molecule has 4 nitrogen and oxygen atoms in total. The molecule has 5 heteroatoms. The van der Waals surface area contributed by atoms with E-state index in [-0.39, 0.29) is 12.6 Å². The van der Waals surface area contributed by atoms with Crippen molar-refractivity contribution >= 4 is 17.9 Å². The van der Waals surface area contributed by atoms with Crippen molar-refractivity contribution in [2.75, 3.05) is 13.2 Å². The Hall–Kier alpha value is -1.36. The van der Waals surface area contributed by atoms with Gasteiger partial charge in [-0.1, -0.05) is 13.8 Å². The number of hydrogen-bond acceptors (Lipinski definition) is 4. The predicted molar refractivity (Wildman–Crippen MR) is 87.2 cm³/mol. The molecule has 118 valence electrons. The van der Waals surface area contributed by atoms with Crippen molar-refractivity contribution in [2.24, 2.45) is 0 Å². The number of ether oxygens (including phenoxy) is 2. The van der Waals surface area contributed by atoms with Gasteiger partial charge in [0.25, 0.3) is 0 Å². The van der Waals surface area contributed by atoms with Crippen LogP contribution in [0.1, 0.15) is 34.1 Å². The zero-order valence-corrected chi connectivity index (χ0v) is 14.0. The fourth-order valence-electron chi connectivity index (χ4n) is 1.50. The summed E-state index contributed by atoms with van der Waals surface area (Å²) >= 11 is 1.86. The summed E-state index contributed by atoms with van der Waals surface area (Å²) in [6.45, 7) is 8.76. The lowest BCUT2D eigenvalue weighted by molar-refractivity contribution is 0.123. The number of carbonyl (C=O) groups excluding carboxylic acids is 1. The molecule has 0 heterocycles. The van der Waals surface area contributed by atoms with Gasteiger partial charge < -0.3 is 14.8 Å². The minimum absolute atomic E-state index is 0.0778. The summed E-state index contributed by atoms with van der Waals surface area (Å²) in [5, 5.41) is 3.27. The van der Waals surface area contributed by atoms with Gasteiger partial charge in [-0.15, -0.1) is 11.8 Å². The molecule has 1 atom stereocenters. The molecule has 0 aliphatic carbocycles. The number of alkyl carbamates (subject to hydrolysis) is 1. The summed E-state index contributed by atoms with van der Waals surface area (Å²) < 4.78 is 10.5. The first kappa shape index (κ1) is 17.7. The van der Waals surface area contributed by atoms with E-state index in [1.54, 1.807) is 0 Å². The van der Waals surface area contributed by atoms with Gasteiger partial charge in [0.05, 0.1) is 0 Å². The van der Waals surface area contributed by atoms with Crippen molar-refractivity contribution in [2.45, 2.75) is 50.3 Å². The number of carbonyl (C=O) groups is 1. The van der Waals surface area contributed by atoms with Gasteiger partial charge in [-0.3, -0.25) is 0 Å². The maximum atomic E-state index is 11.2. The van der Waals surface area contributed by atoms with Gasteiger partial charge in [-0.05, 0) is 44.5 Å². The highest BCUT2D eigenvalue weighted by Crippen LogP contribution is 2.26.